The van der Waals surface area contributed by atoms with Crippen molar-refractivity contribution in [3.05, 3.63) is 144 Å². The topological polar surface area (TPSA) is 29.5 Å². The van der Waals surface area contributed by atoms with E-state index in [9.17, 15) is 4.79 Å². The number of ether oxygens (including phenoxy) is 1. The number of likely N-dealkylation sites (tertiary alicyclic amines) is 1. The lowest BCUT2D eigenvalue weighted by molar-refractivity contribution is -0.169. The summed E-state index contributed by atoms with van der Waals surface area (Å²) in [7, 11) is 0. The Morgan fingerprint density at radius 2 is 1.07 bits per heavy atom. The van der Waals surface area contributed by atoms with Crippen molar-refractivity contribution in [3.63, 3.8) is 0 Å². The molecule has 0 radical (unpaired) electrons. The van der Waals surface area contributed by atoms with Gasteiger partial charge in [0.1, 0.15) is 12.0 Å². The van der Waals surface area contributed by atoms with Crippen LogP contribution in [0.4, 0.5) is 0 Å². The van der Waals surface area contributed by atoms with E-state index in [0.29, 0.717) is 11.8 Å². The minimum atomic E-state index is -0.439. The number of halogens is 1. The van der Waals surface area contributed by atoms with Gasteiger partial charge in [-0.25, -0.2) is 0 Å². The Labute approximate surface area is 256 Å². The zero-order valence-electron chi connectivity index (χ0n) is 24.1. The van der Waals surface area contributed by atoms with Crippen molar-refractivity contribution < 1.29 is 9.53 Å². The Morgan fingerprint density at radius 3 is 1.52 bits per heavy atom. The van der Waals surface area contributed by atoms with E-state index in [1.54, 1.807) is 0 Å². The summed E-state index contributed by atoms with van der Waals surface area (Å²) in [6, 6.07) is 42.3. The van der Waals surface area contributed by atoms with Gasteiger partial charge in [0.2, 0.25) is 0 Å². The molecule has 3 aliphatic carbocycles. The second-order valence-corrected chi connectivity index (χ2v) is 12.4. The van der Waals surface area contributed by atoms with Gasteiger partial charge in [0, 0.05) is 17.9 Å². The van der Waals surface area contributed by atoms with Crippen LogP contribution in [0.2, 0.25) is 0 Å². The SMILES string of the molecule is Cl.O=C(O[C@@H]1CC2(N3CCCC3)C[C@@H](c3ccccc3)C1[C@H](c1ccccc1)C2)C(c1ccccc1)c1ccccc1. The van der Waals surface area contributed by atoms with Crippen LogP contribution in [0.25, 0.3) is 0 Å². The number of nitrogens with zero attached hydrogens (tertiary/aromatic N) is 1. The van der Waals surface area contributed by atoms with E-state index in [1.807, 2.05) is 36.4 Å². The van der Waals surface area contributed by atoms with Crippen molar-refractivity contribution in [1.29, 1.82) is 0 Å². The lowest BCUT2D eigenvalue weighted by Crippen LogP contribution is -2.62. The fraction of sp³-hybridized carbons (Fsp3) is 0.342. The maximum Gasteiger partial charge on any atom is 0.318 e. The molecule has 0 spiro atoms. The molecular formula is C38H40ClNO2. The maximum absolute atomic E-state index is 14.4. The Hall–Kier alpha value is -3.40. The average molecular weight is 578 g/mol. The molecule has 216 valence electrons. The molecule has 3 nitrogen and oxygen atoms in total. The van der Waals surface area contributed by atoms with Crippen LogP contribution in [-0.2, 0) is 9.53 Å². The fourth-order valence-electron chi connectivity index (χ4n) is 8.40. The van der Waals surface area contributed by atoms with Crippen LogP contribution in [0.5, 0.6) is 0 Å². The largest absolute Gasteiger partial charge is 0.461 e. The molecule has 4 aliphatic rings. The highest BCUT2D eigenvalue weighted by Gasteiger charge is 2.59. The molecule has 0 amide bonds. The summed E-state index contributed by atoms with van der Waals surface area (Å²) < 4.78 is 6.82. The van der Waals surface area contributed by atoms with Crippen molar-refractivity contribution in [3.8, 4) is 0 Å². The van der Waals surface area contributed by atoms with Crippen LogP contribution in [-0.4, -0.2) is 35.6 Å². The van der Waals surface area contributed by atoms with Crippen LogP contribution in [0, 0.1) is 5.92 Å². The standard InChI is InChI=1S/C38H39NO2.ClH/c40-37(35(30-19-9-3-10-20-30)31-21-11-4-12-22-31)41-34-27-38(39-23-13-14-24-39)25-32(28-15-5-1-6-16-28)36(34)33(26-38)29-17-7-2-8-18-29;/h1-12,15-22,32-36H,13-14,23-27H2;1H/t32-,33-,34+,36?,38?;/m0./s1. The molecule has 2 bridgehead atoms. The summed E-state index contributed by atoms with van der Waals surface area (Å²) in [5.41, 5.74) is 4.76. The number of carbonyl (C=O) groups excluding carboxylic acids is 1. The van der Waals surface area contributed by atoms with Crippen LogP contribution in [0.15, 0.2) is 121 Å². The highest BCUT2D eigenvalue weighted by Crippen LogP contribution is 2.61. The van der Waals surface area contributed by atoms with E-state index in [-0.39, 0.29) is 35.9 Å². The molecular weight excluding hydrogens is 538 g/mol. The van der Waals surface area contributed by atoms with Gasteiger partial charge in [-0.2, -0.15) is 0 Å². The molecule has 3 atom stereocenters. The van der Waals surface area contributed by atoms with Gasteiger partial charge in [0.25, 0.3) is 0 Å². The Balaban J connectivity index is 0.00000316. The average Bonchev–Trinajstić information content (AvgIpc) is 3.60. The molecule has 0 unspecified atom stereocenters. The van der Waals surface area contributed by atoms with Gasteiger partial charge in [-0.1, -0.05) is 121 Å². The van der Waals surface area contributed by atoms with Crippen molar-refractivity contribution in [2.24, 2.45) is 5.92 Å². The molecule has 4 aromatic rings. The quantitative estimate of drug-likeness (QED) is 0.207. The highest BCUT2D eigenvalue weighted by atomic mass is 35.5. The monoisotopic (exact) mass is 577 g/mol. The minimum Gasteiger partial charge on any atom is -0.461 e. The van der Waals surface area contributed by atoms with Gasteiger partial charge in [0.15, 0.2) is 0 Å². The highest BCUT2D eigenvalue weighted by molar-refractivity contribution is 5.85. The van der Waals surface area contributed by atoms with Crippen LogP contribution in [0.1, 0.15) is 72.1 Å². The number of hydrogen-bond donors (Lipinski definition) is 0. The zero-order valence-corrected chi connectivity index (χ0v) is 24.9. The number of rotatable bonds is 7. The van der Waals surface area contributed by atoms with E-state index in [0.717, 1.165) is 43.5 Å². The summed E-state index contributed by atoms with van der Waals surface area (Å²) in [5, 5.41) is 0. The van der Waals surface area contributed by atoms with Crippen molar-refractivity contribution >= 4 is 18.4 Å². The molecule has 1 aliphatic heterocycles. The third-order valence-corrected chi connectivity index (χ3v) is 10.1. The summed E-state index contributed by atoms with van der Waals surface area (Å²) >= 11 is 0. The second-order valence-electron chi connectivity index (χ2n) is 12.4. The second kappa shape index (κ2) is 12.5. The number of fused-ring (bicyclic) bond motifs is 3. The molecule has 4 heteroatoms. The summed E-state index contributed by atoms with van der Waals surface area (Å²) in [5.74, 6) is 0.352. The molecule has 4 fully saturated rings. The van der Waals surface area contributed by atoms with E-state index in [1.165, 1.54) is 24.0 Å². The first-order valence-electron chi connectivity index (χ1n) is 15.4. The van der Waals surface area contributed by atoms with Crippen molar-refractivity contribution in [2.45, 2.75) is 61.5 Å². The van der Waals surface area contributed by atoms with E-state index >= 15 is 0 Å². The molecule has 42 heavy (non-hydrogen) atoms. The van der Waals surface area contributed by atoms with E-state index in [2.05, 4.69) is 89.8 Å². The molecule has 4 aromatic carbocycles. The van der Waals surface area contributed by atoms with Crippen LogP contribution >= 0.6 is 12.4 Å². The predicted octanol–water partition coefficient (Wildman–Crippen LogP) is 8.37. The van der Waals surface area contributed by atoms with Gasteiger partial charge < -0.3 is 4.74 Å². The molecule has 1 heterocycles. The smallest absolute Gasteiger partial charge is 0.318 e. The Morgan fingerprint density at radius 1 is 0.643 bits per heavy atom. The molecule has 8 rings (SSSR count). The molecule has 0 aromatic heterocycles. The lowest BCUT2D eigenvalue weighted by atomic mass is 9.51. The minimum absolute atomic E-state index is 0. The number of carbonyl (C=O) groups is 1. The number of benzene rings is 4. The summed E-state index contributed by atoms with van der Waals surface area (Å²) in [6.07, 6.45) is 5.57. The third-order valence-electron chi connectivity index (χ3n) is 10.1. The summed E-state index contributed by atoms with van der Waals surface area (Å²) in [6.45, 7) is 2.29. The zero-order chi connectivity index (χ0) is 27.6. The van der Waals surface area contributed by atoms with Gasteiger partial charge in [-0.05, 0) is 72.9 Å². The van der Waals surface area contributed by atoms with E-state index < -0.39 is 5.92 Å². The van der Waals surface area contributed by atoms with E-state index in [4.69, 9.17) is 4.74 Å². The Kier molecular flexibility index (Phi) is 8.51. The fourth-order valence-corrected chi connectivity index (χ4v) is 8.40. The van der Waals surface area contributed by atoms with Gasteiger partial charge in [-0.15, -0.1) is 12.4 Å². The van der Waals surface area contributed by atoms with Gasteiger partial charge >= 0.3 is 5.97 Å². The first-order chi connectivity index (χ1) is 20.2. The van der Waals surface area contributed by atoms with Crippen molar-refractivity contribution in [2.75, 3.05) is 13.1 Å². The van der Waals surface area contributed by atoms with Gasteiger partial charge in [0.05, 0.1) is 0 Å². The lowest BCUT2D eigenvalue weighted by Gasteiger charge is -2.61. The first kappa shape index (κ1) is 28.7. The predicted molar refractivity (Wildman–Crippen MR) is 171 cm³/mol. The summed E-state index contributed by atoms with van der Waals surface area (Å²) in [4.78, 5) is 17.1. The molecule has 0 N–H and O–H groups in total. The van der Waals surface area contributed by atoms with Crippen molar-refractivity contribution in [1.82, 2.24) is 4.90 Å². The van der Waals surface area contributed by atoms with Gasteiger partial charge in [-0.3, -0.25) is 9.69 Å². The maximum atomic E-state index is 14.4. The third kappa shape index (κ3) is 5.41. The Bertz CT molecular complexity index is 1350. The number of esters is 1. The molecule has 3 saturated carbocycles. The van der Waals surface area contributed by atoms with Crippen LogP contribution in [0.3, 0.4) is 0 Å². The van der Waals surface area contributed by atoms with Crippen LogP contribution < -0.4 is 0 Å². The number of hydrogen-bond acceptors (Lipinski definition) is 3. The normalized spacial score (nSPS) is 27.0. The first-order valence-corrected chi connectivity index (χ1v) is 15.4. The molecule has 1 saturated heterocycles.